The van der Waals surface area contributed by atoms with Gasteiger partial charge in [0.25, 0.3) is 5.91 Å². The fraction of sp³-hybridized carbons (Fsp3) is 0.500. The lowest BCUT2D eigenvalue weighted by molar-refractivity contribution is 0.0701. The average molecular weight is 348 g/mol. The predicted octanol–water partition coefficient (Wildman–Crippen LogP) is 3.55. The summed E-state index contributed by atoms with van der Waals surface area (Å²) in [6, 6.07) is 5.25. The van der Waals surface area contributed by atoms with Gasteiger partial charge in [-0.25, -0.2) is 0 Å². The lowest BCUT2D eigenvalue weighted by Crippen LogP contribution is -2.41. The smallest absolute Gasteiger partial charge is 0.253 e. The molecule has 0 saturated heterocycles. The molecule has 0 spiro atoms. The Balaban J connectivity index is 2.92. The topological polar surface area (TPSA) is 46.3 Å². The van der Waals surface area contributed by atoms with Gasteiger partial charge in [0.2, 0.25) is 0 Å². The average Bonchev–Trinajstić information content (AvgIpc) is 2.38. The van der Waals surface area contributed by atoms with Crippen LogP contribution in [0.25, 0.3) is 0 Å². The van der Waals surface area contributed by atoms with Crippen LogP contribution in [0.3, 0.4) is 0 Å². The Morgan fingerprint density at radius 2 is 2.11 bits per heavy atom. The standard InChI is InChI=1S/C14H20BrClN2O/c1-4-18(9-14(2,3)8-17)13(19)10-5-6-11(15)12(16)7-10/h5-7H,4,8-9,17H2,1-3H3. The monoisotopic (exact) mass is 346 g/mol. The van der Waals surface area contributed by atoms with Crippen molar-refractivity contribution in [2.75, 3.05) is 19.6 Å². The number of nitrogens with zero attached hydrogens (tertiary/aromatic N) is 1. The van der Waals surface area contributed by atoms with Gasteiger partial charge >= 0.3 is 0 Å². The molecule has 0 aliphatic rings. The third kappa shape index (κ3) is 4.48. The number of hydrogen-bond donors (Lipinski definition) is 1. The fourth-order valence-corrected chi connectivity index (χ4v) is 2.15. The van der Waals surface area contributed by atoms with Crippen molar-refractivity contribution in [2.45, 2.75) is 20.8 Å². The van der Waals surface area contributed by atoms with E-state index < -0.39 is 0 Å². The van der Waals surface area contributed by atoms with Gasteiger partial charge in [0.15, 0.2) is 0 Å². The SMILES string of the molecule is CCN(CC(C)(C)CN)C(=O)c1ccc(Br)c(Cl)c1. The predicted molar refractivity (Wildman–Crippen MR) is 83.6 cm³/mol. The molecule has 2 N–H and O–H groups in total. The summed E-state index contributed by atoms with van der Waals surface area (Å²) in [5.41, 5.74) is 6.23. The van der Waals surface area contributed by atoms with Gasteiger partial charge in [0.05, 0.1) is 5.02 Å². The van der Waals surface area contributed by atoms with Crippen molar-refractivity contribution in [3.63, 3.8) is 0 Å². The van der Waals surface area contributed by atoms with E-state index >= 15 is 0 Å². The number of hydrogen-bond acceptors (Lipinski definition) is 2. The van der Waals surface area contributed by atoms with E-state index in [1.807, 2.05) is 6.92 Å². The number of carbonyl (C=O) groups excluding carboxylic acids is 1. The van der Waals surface area contributed by atoms with E-state index in [1.54, 1.807) is 23.1 Å². The van der Waals surface area contributed by atoms with Crippen molar-refractivity contribution in [3.05, 3.63) is 33.3 Å². The van der Waals surface area contributed by atoms with Crippen LogP contribution in [0.5, 0.6) is 0 Å². The minimum absolute atomic E-state index is 0.0153. The van der Waals surface area contributed by atoms with Crippen molar-refractivity contribution >= 4 is 33.4 Å². The molecule has 19 heavy (non-hydrogen) atoms. The van der Waals surface area contributed by atoms with Crippen LogP contribution in [0.15, 0.2) is 22.7 Å². The zero-order valence-electron chi connectivity index (χ0n) is 11.5. The number of benzene rings is 1. The van der Waals surface area contributed by atoms with Gasteiger partial charge in [0.1, 0.15) is 0 Å². The van der Waals surface area contributed by atoms with Crippen LogP contribution in [0.2, 0.25) is 5.02 Å². The Morgan fingerprint density at radius 1 is 1.47 bits per heavy atom. The largest absolute Gasteiger partial charge is 0.338 e. The molecule has 0 atom stereocenters. The van der Waals surface area contributed by atoms with Crippen LogP contribution >= 0.6 is 27.5 Å². The van der Waals surface area contributed by atoms with Crippen LogP contribution in [0, 0.1) is 5.41 Å². The maximum absolute atomic E-state index is 12.4. The molecule has 1 rings (SSSR count). The number of nitrogens with two attached hydrogens (primary N) is 1. The second kappa shape index (κ2) is 6.73. The second-order valence-corrected chi connectivity index (χ2v) is 6.58. The highest BCUT2D eigenvalue weighted by Gasteiger charge is 2.23. The number of halogens is 2. The van der Waals surface area contributed by atoms with E-state index in [0.29, 0.717) is 30.2 Å². The Morgan fingerprint density at radius 3 is 2.58 bits per heavy atom. The molecule has 1 amide bonds. The molecule has 0 bridgehead atoms. The fourth-order valence-electron chi connectivity index (χ4n) is 1.72. The molecule has 0 fully saturated rings. The molecule has 106 valence electrons. The Bertz CT molecular complexity index is 463. The lowest BCUT2D eigenvalue weighted by atomic mass is 9.93. The molecule has 0 unspecified atom stereocenters. The third-order valence-corrected chi connectivity index (χ3v) is 4.24. The quantitative estimate of drug-likeness (QED) is 0.885. The Hall–Kier alpha value is -0.580. The first kappa shape index (κ1) is 16.5. The first-order valence-corrected chi connectivity index (χ1v) is 7.42. The summed E-state index contributed by atoms with van der Waals surface area (Å²) in [4.78, 5) is 14.2. The minimum atomic E-state index is -0.0924. The highest BCUT2D eigenvalue weighted by molar-refractivity contribution is 9.10. The summed E-state index contributed by atoms with van der Waals surface area (Å²) < 4.78 is 0.788. The normalized spacial score (nSPS) is 11.5. The van der Waals surface area contributed by atoms with Crippen molar-refractivity contribution in [1.29, 1.82) is 0 Å². The van der Waals surface area contributed by atoms with E-state index in [-0.39, 0.29) is 11.3 Å². The summed E-state index contributed by atoms with van der Waals surface area (Å²) in [5.74, 6) is -0.0153. The van der Waals surface area contributed by atoms with Gasteiger partial charge in [-0.15, -0.1) is 0 Å². The molecule has 1 aromatic carbocycles. The molecule has 0 aliphatic carbocycles. The Labute approximate surface area is 128 Å². The van der Waals surface area contributed by atoms with Crippen LogP contribution in [-0.2, 0) is 0 Å². The van der Waals surface area contributed by atoms with Crippen molar-refractivity contribution < 1.29 is 4.79 Å². The van der Waals surface area contributed by atoms with Crippen LogP contribution < -0.4 is 5.73 Å². The summed E-state index contributed by atoms with van der Waals surface area (Å²) in [7, 11) is 0. The molecular weight excluding hydrogens is 328 g/mol. The first-order chi connectivity index (χ1) is 8.80. The summed E-state index contributed by atoms with van der Waals surface area (Å²) in [5, 5.41) is 0.542. The van der Waals surface area contributed by atoms with Crippen LogP contribution in [0.1, 0.15) is 31.1 Å². The second-order valence-electron chi connectivity index (χ2n) is 5.32. The maximum atomic E-state index is 12.4. The summed E-state index contributed by atoms with van der Waals surface area (Å²) in [6.07, 6.45) is 0. The van der Waals surface area contributed by atoms with Crippen molar-refractivity contribution in [2.24, 2.45) is 11.1 Å². The Kier molecular flexibility index (Phi) is 5.83. The molecule has 0 aromatic heterocycles. The highest BCUT2D eigenvalue weighted by Crippen LogP contribution is 2.24. The van der Waals surface area contributed by atoms with Gasteiger partial charge in [-0.2, -0.15) is 0 Å². The molecule has 5 heteroatoms. The molecule has 3 nitrogen and oxygen atoms in total. The van der Waals surface area contributed by atoms with E-state index in [2.05, 4.69) is 29.8 Å². The van der Waals surface area contributed by atoms with Gasteiger partial charge in [-0.1, -0.05) is 25.4 Å². The lowest BCUT2D eigenvalue weighted by Gasteiger charge is -2.31. The van der Waals surface area contributed by atoms with E-state index in [0.717, 1.165) is 4.47 Å². The number of rotatable bonds is 5. The molecule has 0 radical (unpaired) electrons. The van der Waals surface area contributed by atoms with Crippen LogP contribution in [-0.4, -0.2) is 30.4 Å². The number of carbonyl (C=O) groups is 1. The van der Waals surface area contributed by atoms with Gasteiger partial charge in [0, 0.05) is 23.1 Å². The third-order valence-electron chi connectivity index (χ3n) is 3.01. The summed E-state index contributed by atoms with van der Waals surface area (Å²) in [6.45, 7) is 7.89. The molecule has 1 aromatic rings. The van der Waals surface area contributed by atoms with Crippen LogP contribution in [0.4, 0.5) is 0 Å². The van der Waals surface area contributed by atoms with Gasteiger partial charge < -0.3 is 10.6 Å². The number of amides is 1. The van der Waals surface area contributed by atoms with Gasteiger partial charge in [-0.3, -0.25) is 4.79 Å². The zero-order valence-corrected chi connectivity index (χ0v) is 13.9. The first-order valence-electron chi connectivity index (χ1n) is 6.25. The molecule has 0 saturated carbocycles. The maximum Gasteiger partial charge on any atom is 0.253 e. The van der Waals surface area contributed by atoms with E-state index in [9.17, 15) is 4.79 Å². The molecule has 0 aliphatic heterocycles. The zero-order chi connectivity index (χ0) is 14.6. The highest BCUT2D eigenvalue weighted by atomic mass is 79.9. The van der Waals surface area contributed by atoms with Gasteiger partial charge in [-0.05, 0) is 53.0 Å². The summed E-state index contributed by atoms with van der Waals surface area (Å²) >= 11 is 9.35. The molecule has 0 heterocycles. The van der Waals surface area contributed by atoms with E-state index in [1.165, 1.54) is 0 Å². The van der Waals surface area contributed by atoms with Crippen molar-refractivity contribution in [3.8, 4) is 0 Å². The molecular formula is C14H20BrClN2O. The minimum Gasteiger partial charge on any atom is -0.338 e. The van der Waals surface area contributed by atoms with E-state index in [4.69, 9.17) is 17.3 Å². The van der Waals surface area contributed by atoms with Crippen molar-refractivity contribution in [1.82, 2.24) is 4.90 Å².